The zero-order chi connectivity index (χ0) is 21.8. The monoisotopic (exact) mass is 421 g/mol. The minimum absolute atomic E-state index is 0.211. The summed E-state index contributed by atoms with van der Waals surface area (Å²) in [7, 11) is 8.03. The number of likely N-dealkylation sites (tertiary alicyclic amines) is 1. The maximum atomic E-state index is 12.6. The van der Waals surface area contributed by atoms with Gasteiger partial charge in [-0.25, -0.2) is 4.79 Å². The number of fused-ring (bicyclic) bond motifs is 2. The van der Waals surface area contributed by atoms with Crippen LogP contribution in [0.1, 0.15) is 24.0 Å². The van der Waals surface area contributed by atoms with Gasteiger partial charge in [-0.05, 0) is 43.3 Å². The van der Waals surface area contributed by atoms with Crippen molar-refractivity contribution in [1.82, 2.24) is 14.4 Å². The van der Waals surface area contributed by atoms with E-state index in [2.05, 4.69) is 48.0 Å². The van der Waals surface area contributed by atoms with Crippen molar-refractivity contribution in [3.63, 3.8) is 0 Å². The number of likely N-dealkylation sites (N-methyl/N-ethyl adjacent to an activating group) is 1. The summed E-state index contributed by atoms with van der Waals surface area (Å²) in [6.45, 7) is 1.30. The van der Waals surface area contributed by atoms with E-state index in [9.17, 15) is 4.79 Å². The number of esters is 1. The van der Waals surface area contributed by atoms with Gasteiger partial charge in [-0.3, -0.25) is 4.90 Å². The van der Waals surface area contributed by atoms with Crippen LogP contribution in [-0.4, -0.2) is 60.7 Å². The van der Waals surface area contributed by atoms with Crippen molar-refractivity contribution < 1.29 is 14.3 Å². The number of rotatable bonds is 4. The molecule has 0 unspecified atom stereocenters. The number of hydrogen-bond donors (Lipinski definition) is 0. The van der Waals surface area contributed by atoms with E-state index in [1.165, 1.54) is 22.0 Å². The Bertz CT molecular complexity index is 1090. The van der Waals surface area contributed by atoms with Gasteiger partial charge in [0, 0.05) is 69.4 Å². The van der Waals surface area contributed by atoms with Gasteiger partial charge in [0.2, 0.25) is 0 Å². The number of piperidine rings is 1. The van der Waals surface area contributed by atoms with Gasteiger partial charge < -0.3 is 18.9 Å². The fraction of sp³-hybridized carbons (Fsp3) is 0.480. The molecule has 0 radical (unpaired) electrons. The number of methoxy groups -OCH3 is 1. The van der Waals surface area contributed by atoms with Gasteiger partial charge in [0.25, 0.3) is 0 Å². The third kappa shape index (κ3) is 3.20. The summed E-state index contributed by atoms with van der Waals surface area (Å²) in [6, 6.07) is 6.80. The van der Waals surface area contributed by atoms with Crippen molar-refractivity contribution in [2.45, 2.75) is 30.9 Å². The molecule has 0 spiro atoms. The first-order chi connectivity index (χ1) is 14.9. The fourth-order valence-corrected chi connectivity index (χ4v) is 5.94. The molecule has 1 saturated heterocycles. The normalized spacial score (nSPS) is 27.9. The maximum Gasteiger partial charge on any atom is 0.335 e. The summed E-state index contributed by atoms with van der Waals surface area (Å²) in [4.78, 5) is 16.9. The number of hydrogen-bond acceptors (Lipinski definition) is 5. The Hall–Kier alpha value is -2.57. The number of ether oxygens (including phenoxy) is 2. The van der Waals surface area contributed by atoms with Crippen molar-refractivity contribution in [3.05, 3.63) is 59.6 Å². The lowest BCUT2D eigenvalue weighted by Gasteiger charge is -2.53. The lowest BCUT2D eigenvalue weighted by Crippen LogP contribution is -2.60. The summed E-state index contributed by atoms with van der Waals surface area (Å²) in [5.74, 6) is -0.00772. The van der Waals surface area contributed by atoms with Gasteiger partial charge in [-0.1, -0.05) is 18.2 Å². The molecule has 5 rings (SSSR count). The van der Waals surface area contributed by atoms with Crippen LogP contribution in [-0.2, 0) is 33.3 Å². The van der Waals surface area contributed by atoms with Crippen LogP contribution in [0.25, 0.3) is 10.9 Å². The summed E-state index contributed by atoms with van der Waals surface area (Å²) in [5, 5.41) is 1.33. The van der Waals surface area contributed by atoms with Crippen LogP contribution in [0.2, 0.25) is 0 Å². The molecule has 0 saturated carbocycles. The Morgan fingerprint density at radius 1 is 1.26 bits per heavy atom. The van der Waals surface area contributed by atoms with Crippen molar-refractivity contribution >= 4 is 16.9 Å². The van der Waals surface area contributed by atoms with Crippen LogP contribution in [0.5, 0.6) is 0 Å². The fourth-order valence-electron chi connectivity index (χ4n) is 5.94. The highest BCUT2D eigenvalue weighted by atomic mass is 16.5. The number of aryl methyl sites for hydroxylation is 1. The molecule has 1 aliphatic carbocycles. The maximum absolute atomic E-state index is 12.6. The number of nitrogens with zero attached hydrogens (tertiary/aromatic N) is 3. The van der Waals surface area contributed by atoms with Crippen molar-refractivity contribution in [2.24, 2.45) is 13.0 Å². The summed E-state index contributed by atoms with van der Waals surface area (Å²) in [5.41, 5.74) is 4.21. The minimum atomic E-state index is -0.398. The second-order valence-corrected chi connectivity index (χ2v) is 9.30. The lowest BCUT2D eigenvalue weighted by atomic mass is 9.69. The zero-order valence-electron chi connectivity index (χ0n) is 18.8. The van der Waals surface area contributed by atoms with E-state index in [1.54, 1.807) is 0 Å². The van der Waals surface area contributed by atoms with E-state index >= 15 is 0 Å². The Balaban J connectivity index is 1.41. The third-order valence-electron chi connectivity index (χ3n) is 7.29. The first-order valence-corrected chi connectivity index (χ1v) is 11.0. The van der Waals surface area contributed by atoms with E-state index in [4.69, 9.17) is 9.47 Å². The van der Waals surface area contributed by atoms with Gasteiger partial charge in [0.15, 0.2) is 0 Å². The molecule has 0 bridgehead atoms. The molecule has 3 atom stereocenters. The van der Waals surface area contributed by atoms with Gasteiger partial charge in [-0.15, -0.1) is 0 Å². The molecular weight excluding hydrogens is 390 g/mol. The highest BCUT2D eigenvalue weighted by Gasteiger charge is 2.51. The Kier molecular flexibility index (Phi) is 4.94. The van der Waals surface area contributed by atoms with Gasteiger partial charge in [-0.2, -0.15) is 0 Å². The summed E-state index contributed by atoms with van der Waals surface area (Å²) < 4.78 is 14.4. The molecule has 1 aromatic heterocycles. The standard InChI is InChI=1S/C25H31N3O3/c1-26-10-6-7-18(14-26)24(29)31-16-17-12-25(30-4)20-8-5-9-21-23(20)19(15-27(21)2)11-22(25)28(3)13-17/h5-6,8-10,14-15,17,22H,7,11-13,16H2,1-4H3/t17-,22-,25+/m1/s1. The van der Waals surface area contributed by atoms with E-state index in [0.717, 1.165) is 19.4 Å². The topological polar surface area (TPSA) is 46.9 Å². The van der Waals surface area contributed by atoms with Crippen LogP contribution in [0.4, 0.5) is 0 Å². The summed E-state index contributed by atoms with van der Waals surface area (Å²) in [6.07, 6.45) is 10.5. The quantitative estimate of drug-likeness (QED) is 0.710. The first kappa shape index (κ1) is 20.3. The highest BCUT2D eigenvalue weighted by Crippen LogP contribution is 2.49. The molecule has 2 aromatic rings. The molecule has 3 heterocycles. The smallest absolute Gasteiger partial charge is 0.335 e. The van der Waals surface area contributed by atoms with Gasteiger partial charge >= 0.3 is 5.97 Å². The predicted octanol–water partition coefficient (Wildman–Crippen LogP) is 3.17. The Morgan fingerprint density at radius 2 is 2.10 bits per heavy atom. The average Bonchev–Trinajstić information content (AvgIpc) is 3.09. The average molecular weight is 422 g/mol. The molecule has 6 nitrogen and oxygen atoms in total. The van der Waals surface area contributed by atoms with Crippen LogP contribution < -0.4 is 0 Å². The van der Waals surface area contributed by atoms with Crippen molar-refractivity contribution in [2.75, 3.05) is 34.4 Å². The van der Waals surface area contributed by atoms with E-state index in [-0.39, 0.29) is 17.9 Å². The zero-order valence-corrected chi connectivity index (χ0v) is 18.8. The van der Waals surface area contributed by atoms with E-state index in [0.29, 0.717) is 18.6 Å². The van der Waals surface area contributed by atoms with Crippen molar-refractivity contribution in [1.29, 1.82) is 0 Å². The predicted molar refractivity (Wildman–Crippen MR) is 120 cm³/mol. The first-order valence-electron chi connectivity index (χ1n) is 11.0. The molecule has 1 fully saturated rings. The molecule has 6 heteroatoms. The molecular formula is C25H31N3O3. The number of carbonyl (C=O) groups excluding carboxylic acids is 1. The number of benzene rings is 1. The highest BCUT2D eigenvalue weighted by molar-refractivity contribution is 5.90. The molecule has 31 heavy (non-hydrogen) atoms. The second kappa shape index (κ2) is 7.53. The van der Waals surface area contributed by atoms with Crippen LogP contribution in [0, 0.1) is 5.92 Å². The molecule has 164 valence electrons. The van der Waals surface area contributed by atoms with Crippen LogP contribution in [0.3, 0.4) is 0 Å². The molecule has 3 aliphatic rings. The van der Waals surface area contributed by atoms with E-state index < -0.39 is 5.60 Å². The van der Waals surface area contributed by atoms with Gasteiger partial charge in [0.1, 0.15) is 5.60 Å². The number of carbonyl (C=O) groups is 1. The molecule has 0 N–H and O–H groups in total. The Labute approximate surface area is 183 Å². The molecule has 2 aliphatic heterocycles. The molecule has 0 amide bonds. The summed E-state index contributed by atoms with van der Waals surface area (Å²) >= 11 is 0. The molecule has 1 aromatic carbocycles. The van der Waals surface area contributed by atoms with Crippen molar-refractivity contribution in [3.8, 4) is 0 Å². The van der Waals surface area contributed by atoms with Gasteiger partial charge in [0.05, 0.1) is 12.2 Å². The SMILES string of the molecule is CO[C@]12C[C@@H](COC(=O)C3=CN(C)C=CC3)CN(C)[C@@H]1Cc1cn(C)c3cccc2c13. The largest absolute Gasteiger partial charge is 0.462 e. The Morgan fingerprint density at radius 3 is 2.87 bits per heavy atom. The minimum Gasteiger partial charge on any atom is -0.462 e. The van der Waals surface area contributed by atoms with Crippen LogP contribution >= 0.6 is 0 Å². The lowest BCUT2D eigenvalue weighted by molar-refractivity contribution is -0.150. The van der Waals surface area contributed by atoms with Crippen LogP contribution in [0.15, 0.2) is 48.4 Å². The van der Waals surface area contributed by atoms with E-state index in [1.807, 2.05) is 37.5 Å². The third-order valence-corrected chi connectivity index (χ3v) is 7.29. The number of aromatic nitrogens is 1. The number of allylic oxidation sites excluding steroid dienone is 1. The second-order valence-electron chi connectivity index (χ2n) is 9.30.